The van der Waals surface area contributed by atoms with Gasteiger partial charge in [-0.25, -0.2) is 4.68 Å². The van der Waals surface area contributed by atoms with Crippen molar-refractivity contribution in [3.8, 4) is 24.2 Å². The molecule has 52 heavy (non-hydrogen) atoms. The summed E-state index contributed by atoms with van der Waals surface area (Å²) in [6.07, 6.45) is 7.68. The maximum Gasteiger partial charge on any atom is 0.226 e. The van der Waals surface area contributed by atoms with E-state index >= 15 is 0 Å². The lowest BCUT2D eigenvalue weighted by molar-refractivity contribution is -0.0585. The molecule has 2 N–H and O–H groups in total. The van der Waals surface area contributed by atoms with Gasteiger partial charge in [-0.1, -0.05) is 23.8 Å². The summed E-state index contributed by atoms with van der Waals surface area (Å²) >= 11 is 6.42. The fourth-order valence-corrected chi connectivity index (χ4v) is 6.70. The second-order valence-electron chi connectivity index (χ2n) is 12.3. The number of nitrogens with zero attached hydrogens (tertiary/aromatic N) is 5. The first-order valence-corrected chi connectivity index (χ1v) is 18.9. The highest BCUT2D eigenvalue weighted by Gasteiger charge is 2.51. The van der Waals surface area contributed by atoms with Gasteiger partial charge in [0.15, 0.2) is 20.3 Å². The standard InChI is InChI=1S/C35H43ClN5O10P/c1-2-9-44-11-13-46-15-17-48-18-16-47-14-12-45-10-3-4-26-5-7-30-27(19-26)21-50-35(30)23-40(24-35)32-29-20-37-41(33(29)39-34(36)38-32)31-8-6-28(51-31)22-49-25-52(42)43/h1,5,7,19-20,28,31,42-43H,6,8-18,21-25H2. The number of halogens is 1. The van der Waals surface area contributed by atoms with Gasteiger partial charge in [0, 0.05) is 5.56 Å². The zero-order valence-corrected chi connectivity index (χ0v) is 30.4. The van der Waals surface area contributed by atoms with E-state index in [-0.39, 0.29) is 30.6 Å². The van der Waals surface area contributed by atoms with Crippen LogP contribution in [-0.2, 0) is 50.1 Å². The molecule has 15 nitrogen and oxygen atoms in total. The third kappa shape index (κ3) is 10.2. The van der Waals surface area contributed by atoms with Crippen molar-refractivity contribution >= 4 is 36.8 Å². The lowest BCUT2D eigenvalue weighted by atomic mass is 9.84. The maximum absolute atomic E-state index is 9.08. The van der Waals surface area contributed by atoms with Gasteiger partial charge >= 0.3 is 0 Å². The summed E-state index contributed by atoms with van der Waals surface area (Å²) in [4.78, 5) is 29.3. The van der Waals surface area contributed by atoms with Gasteiger partial charge in [-0.3, -0.25) is 0 Å². The zero-order chi connectivity index (χ0) is 36.2. The van der Waals surface area contributed by atoms with Crippen molar-refractivity contribution in [1.29, 1.82) is 0 Å². The Hall–Kier alpha value is -2.99. The predicted octanol–water partition coefficient (Wildman–Crippen LogP) is 2.74. The monoisotopic (exact) mass is 759 g/mol. The van der Waals surface area contributed by atoms with E-state index in [0.29, 0.717) is 104 Å². The van der Waals surface area contributed by atoms with Crippen LogP contribution in [0.1, 0.15) is 35.8 Å². The molecule has 0 radical (unpaired) electrons. The molecule has 17 heteroatoms. The molecule has 2 aromatic heterocycles. The summed E-state index contributed by atoms with van der Waals surface area (Å²) in [5.41, 5.74) is 3.33. The lowest BCUT2D eigenvalue weighted by Crippen LogP contribution is -2.59. The van der Waals surface area contributed by atoms with E-state index in [1.54, 1.807) is 10.9 Å². The van der Waals surface area contributed by atoms with Crippen molar-refractivity contribution in [3.63, 3.8) is 0 Å². The van der Waals surface area contributed by atoms with Crippen molar-refractivity contribution in [2.75, 3.05) is 97.0 Å². The molecule has 5 heterocycles. The number of aromatic nitrogens is 4. The molecule has 2 unspecified atom stereocenters. The van der Waals surface area contributed by atoms with Gasteiger partial charge in [-0.2, -0.15) is 15.1 Å². The van der Waals surface area contributed by atoms with E-state index in [9.17, 15) is 0 Å². The fourth-order valence-electron chi connectivity index (χ4n) is 6.27. The van der Waals surface area contributed by atoms with Crippen molar-refractivity contribution in [3.05, 3.63) is 46.4 Å². The van der Waals surface area contributed by atoms with Crippen LogP contribution in [0.5, 0.6) is 0 Å². The van der Waals surface area contributed by atoms with Gasteiger partial charge in [0.1, 0.15) is 31.0 Å². The van der Waals surface area contributed by atoms with Crippen molar-refractivity contribution in [1.82, 2.24) is 19.7 Å². The number of hydrogen-bond donors (Lipinski definition) is 2. The molecule has 0 saturated carbocycles. The first-order chi connectivity index (χ1) is 25.5. The van der Waals surface area contributed by atoms with E-state index in [2.05, 4.69) is 49.9 Å². The van der Waals surface area contributed by atoms with Crippen LogP contribution < -0.4 is 4.90 Å². The van der Waals surface area contributed by atoms with Crippen molar-refractivity contribution in [2.24, 2.45) is 0 Å². The van der Waals surface area contributed by atoms with Crippen LogP contribution in [0.2, 0.25) is 5.28 Å². The van der Waals surface area contributed by atoms with Crippen molar-refractivity contribution < 1.29 is 47.7 Å². The van der Waals surface area contributed by atoms with Crippen LogP contribution in [-0.4, -0.2) is 128 Å². The smallest absolute Gasteiger partial charge is 0.226 e. The molecule has 0 aliphatic carbocycles. The first-order valence-electron chi connectivity index (χ1n) is 17.1. The highest BCUT2D eigenvalue weighted by atomic mass is 35.5. The quantitative estimate of drug-likeness (QED) is 0.0749. The number of fused-ring (bicyclic) bond motifs is 3. The van der Waals surface area contributed by atoms with Crippen LogP contribution >= 0.6 is 20.0 Å². The van der Waals surface area contributed by atoms with Gasteiger partial charge < -0.3 is 52.6 Å². The van der Waals surface area contributed by atoms with Gasteiger partial charge in [0.05, 0.1) is 96.8 Å². The summed E-state index contributed by atoms with van der Waals surface area (Å²) in [7, 11) is -2.09. The molecular formula is C35H43ClN5O10P. The Labute approximate surface area is 308 Å². The molecule has 6 rings (SSSR count). The van der Waals surface area contributed by atoms with Gasteiger partial charge in [0.2, 0.25) is 5.28 Å². The molecule has 280 valence electrons. The average molecular weight is 760 g/mol. The zero-order valence-electron chi connectivity index (χ0n) is 28.8. The normalized spacial score (nSPS) is 18.9. The van der Waals surface area contributed by atoms with Gasteiger partial charge in [0.25, 0.3) is 0 Å². The Kier molecular flexibility index (Phi) is 14.4. The Morgan fingerprint density at radius 1 is 0.942 bits per heavy atom. The number of rotatable bonds is 20. The summed E-state index contributed by atoms with van der Waals surface area (Å²) in [6.45, 7) is 6.42. The maximum atomic E-state index is 9.08. The highest BCUT2D eigenvalue weighted by molar-refractivity contribution is 7.44. The number of hydrogen-bond acceptors (Lipinski definition) is 14. The third-order valence-corrected chi connectivity index (χ3v) is 9.23. The van der Waals surface area contributed by atoms with Gasteiger partial charge in [-0.05, 0) is 47.7 Å². The molecule has 3 aromatic rings. The fraction of sp³-hybridized carbons (Fsp3) is 0.571. The number of ether oxygens (including phenoxy) is 8. The molecule has 2 atom stereocenters. The number of benzene rings is 1. The van der Waals surface area contributed by atoms with Crippen LogP contribution in [0.15, 0.2) is 24.4 Å². The SMILES string of the molecule is C#CCOCCOCCOCCOCCOCC#Cc1ccc2c(c1)COC21CN(c2nc(Cl)nc3c2cnn3C2CCC(COCP(O)O)O2)C1. The Bertz CT molecular complexity index is 1720. The largest absolute Gasteiger partial charge is 0.377 e. The average Bonchev–Trinajstić information content (AvgIpc) is 3.86. The van der Waals surface area contributed by atoms with Gasteiger partial charge in [-0.15, -0.1) is 6.42 Å². The van der Waals surface area contributed by atoms with Crippen molar-refractivity contribution in [2.45, 2.75) is 37.4 Å². The number of terminal acetylenes is 1. The Morgan fingerprint density at radius 3 is 2.37 bits per heavy atom. The summed E-state index contributed by atoms with van der Waals surface area (Å²) in [5, 5.41) is 5.48. The molecule has 3 aliphatic rings. The molecule has 0 bridgehead atoms. The third-order valence-electron chi connectivity index (χ3n) is 8.65. The predicted molar refractivity (Wildman–Crippen MR) is 191 cm³/mol. The van der Waals surface area contributed by atoms with E-state index in [1.165, 1.54) is 0 Å². The second-order valence-corrected chi connectivity index (χ2v) is 13.6. The minimum Gasteiger partial charge on any atom is -0.377 e. The first kappa shape index (κ1) is 38.7. The topological polar surface area (TPSA) is 161 Å². The molecule has 0 amide bonds. The van der Waals surface area contributed by atoms with Crippen LogP contribution in [0, 0.1) is 24.2 Å². The van der Waals surface area contributed by atoms with Crippen LogP contribution in [0.3, 0.4) is 0 Å². The highest BCUT2D eigenvalue weighted by Crippen LogP contribution is 2.46. The minimum atomic E-state index is -2.09. The lowest BCUT2D eigenvalue weighted by Gasteiger charge is -2.48. The Morgan fingerprint density at radius 2 is 1.65 bits per heavy atom. The molecular weight excluding hydrogens is 717 g/mol. The summed E-state index contributed by atoms with van der Waals surface area (Å²) < 4.78 is 46.6. The van der Waals surface area contributed by atoms with E-state index in [4.69, 9.17) is 65.7 Å². The second kappa shape index (κ2) is 19.4. The summed E-state index contributed by atoms with van der Waals surface area (Å²) in [6, 6.07) is 6.20. The summed E-state index contributed by atoms with van der Waals surface area (Å²) in [5.74, 6) is 9.36. The van der Waals surface area contributed by atoms with E-state index < -0.39 is 14.0 Å². The molecule has 1 spiro atoms. The van der Waals surface area contributed by atoms with Crippen LogP contribution in [0.4, 0.5) is 5.82 Å². The molecule has 2 fully saturated rings. The Balaban J connectivity index is 0.914. The van der Waals surface area contributed by atoms with Crippen LogP contribution in [0.25, 0.3) is 11.0 Å². The minimum absolute atomic E-state index is 0.103. The number of anilines is 1. The molecule has 3 aliphatic heterocycles. The van der Waals surface area contributed by atoms with E-state index in [1.807, 2.05) is 6.07 Å². The molecule has 1 aromatic carbocycles. The van der Waals surface area contributed by atoms with E-state index in [0.717, 1.165) is 28.5 Å². The molecule has 2 saturated heterocycles.